The highest BCUT2D eigenvalue weighted by atomic mass is 32.2. The van der Waals surface area contributed by atoms with E-state index in [0.717, 1.165) is 0 Å². The van der Waals surface area contributed by atoms with Gasteiger partial charge >= 0.3 is 0 Å². The first-order chi connectivity index (χ1) is 8.29. The van der Waals surface area contributed by atoms with Crippen molar-refractivity contribution in [3.05, 3.63) is 11.7 Å². The molecule has 0 aliphatic rings. The molecule has 6 nitrogen and oxygen atoms in total. The Balaban J connectivity index is 2.36. The van der Waals surface area contributed by atoms with Gasteiger partial charge in [-0.2, -0.15) is 4.98 Å². The second kappa shape index (κ2) is 6.19. The minimum absolute atomic E-state index is 0.00823. The molecule has 18 heavy (non-hydrogen) atoms. The Morgan fingerprint density at radius 2 is 2.22 bits per heavy atom. The summed E-state index contributed by atoms with van der Waals surface area (Å²) in [5.74, 6) is 1.86. The molecule has 0 radical (unpaired) electrons. The summed E-state index contributed by atoms with van der Waals surface area (Å²) in [5, 5.41) is 6.62. The molecule has 0 aliphatic carbocycles. The average Bonchev–Trinajstić information content (AvgIpc) is 2.64. The van der Waals surface area contributed by atoms with Crippen LogP contribution in [0.25, 0.3) is 0 Å². The zero-order valence-corrected chi connectivity index (χ0v) is 12.0. The molecule has 102 valence electrons. The van der Waals surface area contributed by atoms with Gasteiger partial charge in [0.05, 0.1) is 17.0 Å². The maximum absolute atomic E-state index is 11.4. The number of carbonyl (C=O) groups excluding carboxylic acids is 1. The zero-order valence-electron chi connectivity index (χ0n) is 11.2. The van der Waals surface area contributed by atoms with Crippen molar-refractivity contribution >= 4 is 17.7 Å². The van der Waals surface area contributed by atoms with Crippen LogP contribution in [0.15, 0.2) is 4.52 Å². The second-order valence-electron chi connectivity index (χ2n) is 4.95. The molecule has 0 spiro atoms. The second-order valence-corrected chi connectivity index (χ2v) is 5.93. The van der Waals surface area contributed by atoms with Gasteiger partial charge in [-0.3, -0.25) is 4.79 Å². The number of thioether (sulfide) groups is 1. The quantitative estimate of drug-likeness (QED) is 0.803. The molecule has 0 unspecified atom stereocenters. The van der Waals surface area contributed by atoms with Crippen molar-refractivity contribution in [1.82, 2.24) is 15.5 Å². The third-order valence-electron chi connectivity index (χ3n) is 1.95. The molecule has 0 aliphatic heterocycles. The Kier molecular flexibility index (Phi) is 5.15. The molecule has 1 aromatic rings. The molecule has 0 saturated carbocycles. The van der Waals surface area contributed by atoms with Crippen LogP contribution in [0.5, 0.6) is 0 Å². The van der Waals surface area contributed by atoms with Gasteiger partial charge in [0.15, 0.2) is 5.82 Å². The van der Waals surface area contributed by atoms with E-state index < -0.39 is 5.54 Å². The lowest BCUT2D eigenvalue weighted by atomic mass is 10.1. The fourth-order valence-electron chi connectivity index (χ4n) is 1.17. The van der Waals surface area contributed by atoms with Crippen LogP contribution in [0, 0.1) is 0 Å². The maximum atomic E-state index is 11.4. The normalized spacial score (nSPS) is 11.9. The molecular weight excluding hydrogens is 252 g/mol. The number of nitrogens with zero attached hydrogens (tertiary/aromatic N) is 2. The van der Waals surface area contributed by atoms with E-state index in [1.54, 1.807) is 0 Å². The fraction of sp³-hybridized carbons (Fsp3) is 0.727. The number of aromatic nitrogens is 2. The van der Waals surface area contributed by atoms with Gasteiger partial charge in [-0.25, -0.2) is 0 Å². The summed E-state index contributed by atoms with van der Waals surface area (Å²) >= 11 is 1.43. The minimum atomic E-state index is -0.610. The Hall–Kier alpha value is -1.08. The van der Waals surface area contributed by atoms with Crippen molar-refractivity contribution in [2.24, 2.45) is 5.73 Å². The number of amides is 1. The number of hydrogen-bond acceptors (Lipinski definition) is 6. The summed E-state index contributed by atoms with van der Waals surface area (Å²) in [4.78, 5) is 15.6. The monoisotopic (exact) mass is 272 g/mol. The molecule has 0 aromatic carbocycles. The molecule has 1 amide bonds. The molecule has 0 saturated heterocycles. The lowest BCUT2D eigenvalue weighted by Crippen LogP contribution is -2.31. The maximum Gasteiger partial charge on any atom is 0.236 e. The summed E-state index contributed by atoms with van der Waals surface area (Å²) in [6, 6.07) is 0.158. The van der Waals surface area contributed by atoms with Crippen molar-refractivity contribution in [3.8, 4) is 0 Å². The fourth-order valence-corrected chi connectivity index (χ4v) is 1.83. The molecule has 1 heterocycles. The SMILES string of the molecule is CC(C)NC(=O)CSCc1nc(C(C)(C)N)no1. The lowest BCUT2D eigenvalue weighted by Gasteiger charge is -2.11. The van der Waals surface area contributed by atoms with Crippen LogP contribution in [0.4, 0.5) is 0 Å². The first-order valence-electron chi connectivity index (χ1n) is 5.78. The van der Waals surface area contributed by atoms with E-state index in [4.69, 9.17) is 10.3 Å². The molecule has 0 fully saturated rings. The average molecular weight is 272 g/mol. The Morgan fingerprint density at radius 3 is 2.72 bits per heavy atom. The largest absolute Gasteiger partial charge is 0.353 e. The van der Waals surface area contributed by atoms with E-state index >= 15 is 0 Å². The van der Waals surface area contributed by atoms with E-state index in [0.29, 0.717) is 23.2 Å². The summed E-state index contributed by atoms with van der Waals surface area (Å²) in [6.07, 6.45) is 0. The number of nitrogens with two attached hydrogens (primary N) is 1. The van der Waals surface area contributed by atoms with Gasteiger partial charge in [0.2, 0.25) is 11.8 Å². The topological polar surface area (TPSA) is 94.0 Å². The van der Waals surface area contributed by atoms with Crippen molar-refractivity contribution in [2.75, 3.05) is 5.75 Å². The summed E-state index contributed by atoms with van der Waals surface area (Å²) in [6.45, 7) is 7.47. The van der Waals surface area contributed by atoms with Crippen LogP contribution in [0.3, 0.4) is 0 Å². The van der Waals surface area contributed by atoms with Crippen LogP contribution < -0.4 is 11.1 Å². The van der Waals surface area contributed by atoms with Gasteiger partial charge in [-0.1, -0.05) is 5.16 Å². The smallest absolute Gasteiger partial charge is 0.236 e. The first kappa shape index (κ1) is 15.0. The van der Waals surface area contributed by atoms with E-state index in [1.165, 1.54) is 11.8 Å². The highest BCUT2D eigenvalue weighted by Crippen LogP contribution is 2.15. The molecule has 3 N–H and O–H groups in total. The van der Waals surface area contributed by atoms with Crippen LogP contribution in [-0.2, 0) is 16.1 Å². The molecule has 7 heteroatoms. The van der Waals surface area contributed by atoms with Gasteiger partial charge < -0.3 is 15.6 Å². The van der Waals surface area contributed by atoms with Crippen LogP contribution in [0.1, 0.15) is 39.4 Å². The van der Waals surface area contributed by atoms with E-state index in [2.05, 4.69) is 15.5 Å². The third-order valence-corrected chi connectivity index (χ3v) is 2.87. The molecule has 0 atom stereocenters. The highest BCUT2D eigenvalue weighted by Gasteiger charge is 2.21. The molecule has 1 aromatic heterocycles. The Labute approximate surface area is 111 Å². The van der Waals surface area contributed by atoms with E-state index in [-0.39, 0.29) is 11.9 Å². The van der Waals surface area contributed by atoms with Crippen LogP contribution >= 0.6 is 11.8 Å². The number of nitrogens with one attached hydrogen (secondary N) is 1. The standard InChI is InChI=1S/C11H20N4O2S/c1-7(2)13-8(16)5-18-6-9-14-10(15-17-9)11(3,4)12/h7H,5-6,12H2,1-4H3,(H,13,16). The lowest BCUT2D eigenvalue weighted by molar-refractivity contribution is -0.119. The first-order valence-corrected chi connectivity index (χ1v) is 6.93. The van der Waals surface area contributed by atoms with Crippen molar-refractivity contribution in [1.29, 1.82) is 0 Å². The van der Waals surface area contributed by atoms with Gasteiger partial charge in [-0.05, 0) is 27.7 Å². The predicted molar refractivity (Wildman–Crippen MR) is 71.0 cm³/mol. The highest BCUT2D eigenvalue weighted by molar-refractivity contribution is 7.99. The van der Waals surface area contributed by atoms with Gasteiger partial charge in [0, 0.05) is 6.04 Å². The zero-order chi connectivity index (χ0) is 13.8. The Bertz CT molecular complexity index is 398. The minimum Gasteiger partial charge on any atom is -0.353 e. The molecular formula is C11H20N4O2S. The van der Waals surface area contributed by atoms with Gasteiger partial charge in [0.1, 0.15) is 0 Å². The summed E-state index contributed by atoms with van der Waals surface area (Å²) in [5.41, 5.74) is 5.24. The van der Waals surface area contributed by atoms with Gasteiger partial charge in [0.25, 0.3) is 0 Å². The van der Waals surface area contributed by atoms with Crippen molar-refractivity contribution < 1.29 is 9.32 Å². The molecule has 0 bridgehead atoms. The van der Waals surface area contributed by atoms with Crippen LogP contribution in [0.2, 0.25) is 0 Å². The Morgan fingerprint density at radius 1 is 1.56 bits per heavy atom. The number of carbonyl (C=O) groups is 1. The number of rotatable bonds is 6. The van der Waals surface area contributed by atoms with Crippen LogP contribution in [-0.4, -0.2) is 27.8 Å². The van der Waals surface area contributed by atoms with E-state index in [9.17, 15) is 4.79 Å². The third kappa shape index (κ3) is 5.05. The van der Waals surface area contributed by atoms with Crippen molar-refractivity contribution in [2.45, 2.75) is 45.0 Å². The van der Waals surface area contributed by atoms with Crippen molar-refractivity contribution in [3.63, 3.8) is 0 Å². The molecule has 1 rings (SSSR count). The number of hydrogen-bond donors (Lipinski definition) is 2. The summed E-state index contributed by atoms with van der Waals surface area (Å²) < 4.78 is 5.06. The van der Waals surface area contributed by atoms with Gasteiger partial charge in [-0.15, -0.1) is 11.8 Å². The predicted octanol–water partition coefficient (Wildman–Crippen LogP) is 1.02. The van der Waals surface area contributed by atoms with E-state index in [1.807, 2.05) is 27.7 Å². The summed E-state index contributed by atoms with van der Waals surface area (Å²) in [7, 11) is 0.